The van der Waals surface area contributed by atoms with Crippen molar-refractivity contribution in [2.75, 3.05) is 6.61 Å². The van der Waals surface area contributed by atoms with Crippen molar-refractivity contribution < 1.29 is 9.53 Å². The zero-order valence-electron chi connectivity index (χ0n) is 6.95. The van der Waals surface area contributed by atoms with Crippen LogP contribution in [0.5, 0.6) is 5.88 Å². The summed E-state index contributed by atoms with van der Waals surface area (Å²) in [5.74, 6) is -0.528. The van der Waals surface area contributed by atoms with Gasteiger partial charge in [0.05, 0.1) is 6.61 Å². The Morgan fingerprint density at radius 3 is 2.92 bits per heavy atom. The number of carbonyl (C=O) groups is 1. The fourth-order valence-corrected chi connectivity index (χ4v) is 0.924. The Morgan fingerprint density at radius 1 is 1.69 bits per heavy atom. The van der Waals surface area contributed by atoms with Crippen LogP contribution in [0, 0.1) is 0 Å². The maximum absolute atomic E-state index is 10.9. The van der Waals surface area contributed by atoms with Crippen molar-refractivity contribution in [1.29, 1.82) is 0 Å². The number of rotatable bonds is 3. The minimum atomic E-state index is -0.639. The van der Waals surface area contributed by atoms with Gasteiger partial charge in [0.1, 0.15) is 5.56 Å². The Hall–Kier alpha value is -1.36. The molecule has 0 saturated carbocycles. The summed E-state index contributed by atoms with van der Waals surface area (Å²) in [5.41, 5.74) is 5.21. The van der Waals surface area contributed by atoms with E-state index in [1.54, 1.807) is 6.92 Å². The second kappa shape index (κ2) is 4.04. The Morgan fingerprint density at radius 2 is 2.38 bits per heavy atom. The lowest BCUT2D eigenvalue weighted by Crippen LogP contribution is -2.14. The fraction of sp³-hybridized carbons (Fsp3) is 0.286. The third kappa shape index (κ3) is 2.29. The lowest BCUT2D eigenvalue weighted by atomic mass is 10.3. The van der Waals surface area contributed by atoms with Crippen molar-refractivity contribution in [3.05, 3.63) is 16.8 Å². The zero-order valence-corrected chi connectivity index (χ0v) is 7.71. The van der Waals surface area contributed by atoms with Crippen LogP contribution in [0.3, 0.4) is 0 Å². The van der Waals surface area contributed by atoms with Crippen LogP contribution >= 0.6 is 11.6 Å². The SMILES string of the molecule is CCOc1nnc(Cl)cc1C(N)=O. The number of nitrogens with zero attached hydrogens (tertiary/aromatic N) is 2. The number of primary amides is 1. The van der Waals surface area contributed by atoms with Gasteiger partial charge in [-0.25, -0.2) is 0 Å². The van der Waals surface area contributed by atoms with Gasteiger partial charge in [-0.15, -0.1) is 10.2 Å². The number of hydrogen-bond donors (Lipinski definition) is 1. The van der Waals surface area contributed by atoms with E-state index < -0.39 is 5.91 Å². The predicted octanol–water partition coefficient (Wildman–Crippen LogP) is 0.628. The van der Waals surface area contributed by atoms with E-state index in [-0.39, 0.29) is 16.6 Å². The summed E-state index contributed by atoms with van der Waals surface area (Å²) in [4.78, 5) is 10.9. The molecule has 0 radical (unpaired) electrons. The van der Waals surface area contributed by atoms with E-state index in [1.165, 1.54) is 6.07 Å². The number of ether oxygens (including phenoxy) is 1. The summed E-state index contributed by atoms with van der Waals surface area (Å²) in [6.07, 6.45) is 0. The standard InChI is InChI=1S/C7H8ClN3O2/c1-2-13-7-4(6(9)12)3-5(8)10-11-7/h3H,2H2,1H3,(H2,9,12). The average molecular weight is 202 g/mol. The molecule has 0 aliphatic carbocycles. The molecule has 2 N–H and O–H groups in total. The molecule has 70 valence electrons. The van der Waals surface area contributed by atoms with E-state index in [0.717, 1.165) is 0 Å². The summed E-state index contributed by atoms with van der Waals surface area (Å²) in [7, 11) is 0. The number of aromatic nitrogens is 2. The number of halogens is 1. The Labute approximate surface area is 79.9 Å². The van der Waals surface area contributed by atoms with Crippen molar-refractivity contribution in [2.45, 2.75) is 6.92 Å². The minimum absolute atomic E-state index is 0.109. The molecular formula is C7H8ClN3O2. The second-order valence-electron chi connectivity index (χ2n) is 2.18. The molecule has 0 aliphatic rings. The van der Waals surface area contributed by atoms with Gasteiger partial charge in [0, 0.05) is 0 Å². The molecule has 0 spiro atoms. The van der Waals surface area contributed by atoms with Gasteiger partial charge in [-0.1, -0.05) is 11.6 Å². The highest BCUT2D eigenvalue weighted by molar-refractivity contribution is 6.29. The van der Waals surface area contributed by atoms with E-state index in [9.17, 15) is 4.79 Å². The first kappa shape index (κ1) is 9.73. The first-order valence-corrected chi connectivity index (χ1v) is 3.98. The molecule has 0 saturated heterocycles. The van der Waals surface area contributed by atoms with Crippen molar-refractivity contribution in [2.24, 2.45) is 5.73 Å². The third-order valence-corrected chi connectivity index (χ3v) is 1.46. The van der Waals surface area contributed by atoms with Crippen molar-refractivity contribution in [3.8, 4) is 5.88 Å². The van der Waals surface area contributed by atoms with Crippen molar-refractivity contribution in [3.63, 3.8) is 0 Å². The number of carbonyl (C=O) groups excluding carboxylic acids is 1. The number of amides is 1. The number of nitrogens with two attached hydrogens (primary N) is 1. The molecule has 0 bridgehead atoms. The zero-order chi connectivity index (χ0) is 9.84. The molecule has 1 heterocycles. The van der Waals surface area contributed by atoms with Gasteiger partial charge in [0.25, 0.3) is 5.91 Å². The van der Waals surface area contributed by atoms with Gasteiger partial charge in [-0.3, -0.25) is 4.79 Å². The number of hydrogen-bond acceptors (Lipinski definition) is 4. The molecular weight excluding hydrogens is 194 g/mol. The van der Waals surface area contributed by atoms with Gasteiger partial charge < -0.3 is 10.5 Å². The topological polar surface area (TPSA) is 78.1 Å². The largest absolute Gasteiger partial charge is 0.476 e. The van der Waals surface area contributed by atoms with Crippen LogP contribution in [0.4, 0.5) is 0 Å². The Bertz CT molecular complexity index is 330. The highest BCUT2D eigenvalue weighted by Gasteiger charge is 2.12. The van der Waals surface area contributed by atoms with E-state index in [2.05, 4.69) is 10.2 Å². The first-order valence-electron chi connectivity index (χ1n) is 3.61. The van der Waals surface area contributed by atoms with Gasteiger partial charge in [0.15, 0.2) is 5.15 Å². The summed E-state index contributed by atoms with van der Waals surface area (Å²) in [5, 5.41) is 7.22. The minimum Gasteiger partial charge on any atom is -0.476 e. The third-order valence-electron chi connectivity index (χ3n) is 1.28. The molecule has 0 atom stereocenters. The smallest absolute Gasteiger partial charge is 0.254 e. The predicted molar refractivity (Wildman–Crippen MR) is 46.7 cm³/mol. The Kier molecular flexibility index (Phi) is 3.02. The van der Waals surface area contributed by atoms with E-state index in [1.807, 2.05) is 0 Å². The second-order valence-corrected chi connectivity index (χ2v) is 2.57. The summed E-state index contributed by atoms with van der Waals surface area (Å²) < 4.78 is 5.02. The molecule has 0 aliphatic heterocycles. The molecule has 1 aromatic rings. The van der Waals surface area contributed by atoms with Gasteiger partial charge in [0.2, 0.25) is 5.88 Å². The van der Waals surface area contributed by atoms with Gasteiger partial charge in [-0.05, 0) is 13.0 Å². The molecule has 1 aromatic heterocycles. The molecule has 13 heavy (non-hydrogen) atoms. The van der Waals surface area contributed by atoms with E-state index in [4.69, 9.17) is 22.1 Å². The summed E-state index contributed by atoms with van der Waals surface area (Å²) in [6.45, 7) is 2.15. The lowest BCUT2D eigenvalue weighted by molar-refractivity contribution is 0.0995. The van der Waals surface area contributed by atoms with E-state index >= 15 is 0 Å². The lowest BCUT2D eigenvalue weighted by Gasteiger charge is -2.04. The van der Waals surface area contributed by atoms with Crippen molar-refractivity contribution >= 4 is 17.5 Å². The average Bonchev–Trinajstić information content (AvgIpc) is 2.08. The van der Waals surface area contributed by atoms with Crippen LogP contribution in [0.25, 0.3) is 0 Å². The molecule has 6 heteroatoms. The maximum atomic E-state index is 10.9. The molecule has 1 rings (SSSR count). The monoisotopic (exact) mass is 201 g/mol. The summed E-state index contributed by atoms with van der Waals surface area (Å²) >= 11 is 5.52. The summed E-state index contributed by atoms with van der Waals surface area (Å²) in [6, 6.07) is 1.32. The quantitative estimate of drug-likeness (QED) is 0.778. The molecule has 0 fully saturated rings. The van der Waals surface area contributed by atoms with Gasteiger partial charge in [-0.2, -0.15) is 0 Å². The van der Waals surface area contributed by atoms with Crippen molar-refractivity contribution in [1.82, 2.24) is 10.2 Å². The van der Waals surface area contributed by atoms with E-state index in [0.29, 0.717) is 6.61 Å². The van der Waals surface area contributed by atoms with Crippen LogP contribution in [0.1, 0.15) is 17.3 Å². The van der Waals surface area contributed by atoms with Gasteiger partial charge >= 0.3 is 0 Å². The van der Waals surface area contributed by atoms with Crippen LogP contribution in [0.2, 0.25) is 5.15 Å². The molecule has 0 unspecified atom stereocenters. The molecule has 1 amide bonds. The normalized spacial score (nSPS) is 9.69. The highest BCUT2D eigenvalue weighted by atomic mass is 35.5. The molecule has 5 nitrogen and oxygen atoms in total. The van der Waals surface area contributed by atoms with Crippen LogP contribution < -0.4 is 10.5 Å². The maximum Gasteiger partial charge on any atom is 0.254 e. The molecule has 0 aromatic carbocycles. The van der Waals surface area contributed by atoms with Crippen LogP contribution in [-0.2, 0) is 0 Å². The fourth-order valence-electron chi connectivity index (χ4n) is 0.777. The van der Waals surface area contributed by atoms with Crippen LogP contribution in [0.15, 0.2) is 6.07 Å². The Balaban J connectivity index is 3.10. The first-order chi connectivity index (χ1) is 6.15. The van der Waals surface area contributed by atoms with Crippen LogP contribution in [-0.4, -0.2) is 22.7 Å². The highest BCUT2D eigenvalue weighted by Crippen LogP contribution is 2.16.